The van der Waals surface area contributed by atoms with Gasteiger partial charge in [-0.15, -0.1) is 11.3 Å². The minimum Gasteiger partial charge on any atom is -0.465 e. The van der Waals surface area contributed by atoms with Gasteiger partial charge in [0.05, 0.1) is 15.3 Å². The van der Waals surface area contributed by atoms with Gasteiger partial charge >= 0.3 is 6.09 Å². The molecule has 0 aliphatic rings. The van der Waals surface area contributed by atoms with Crippen molar-refractivity contribution in [3.8, 4) is 38.3 Å². The van der Waals surface area contributed by atoms with Crippen molar-refractivity contribution in [2.24, 2.45) is 0 Å². The molecule has 7 nitrogen and oxygen atoms in total. The number of amides is 1. The first-order valence-electron chi connectivity index (χ1n) is 8.46. The Hall–Kier alpha value is -3.38. The van der Waals surface area contributed by atoms with Gasteiger partial charge in [0.25, 0.3) is 0 Å². The molecule has 3 N–H and O–H groups in total. The Labute approximate surface area is 184 Å². The van der Waals surface area contributed by atoms with Crippen LogP contribution in [0.1, 0.15) is 5.56 Å². The van der Waals surface area contributed by atoms with Crippen LogP contribution in [0, 0.1) is 11.3 Å². The van der Waals surface area contributed by atoms with Crippen molar-refractivity contribution < 1.29 is 9.90 Å². The fraction of sp³-hybridized carbons (Fsp3) is 0. The Morgan fingerprint density at radius 2 is 2.00 bits per heavy atom. The van der Waals surface area contributed by atoms with Gasteiger partial charge in [0, 0.05) is 39.8 Å². The lowest BCUT2D eigenvalue weighted by Gasteiger charge is -2.07. The molecule has 0 bridgehead atoms. The first kappa shape index (κ1) is 19.9. The van der Waals surface area contributed by atoms with Crippen molar-refractivity contribution in [1.82, 2.24) is 15.0 Å². The molecular weight excluding hydrogens is 445 g/mol. The number of carbonyl (C=O) groups is 1. The third-order valence-electron chi connectivity index (χ3n) is 4.19. The molecule has 0 fully saturated rings. The Kier molecular flexibility index (Phi) is 5.42. The van der Waals surface area contributed by atoms with Crippen LogP contribution in [-0.4, -0.2) is 26.2 Å². The fourth-order valence-electron chi connectivity index (χ4n) is 3.00. The number of halogens is 2. The summed E-state index contributed by atoms with van der Waals surface area (Å²) in [6.07, 6.45) is 3.56. The van der Waals surface area contributed by atoms with Crippen LogP contribution >= 0.6 is 34.5 Å². The van der Waals surface area contributed by atoms with E-state index in [0.29, 0.717) is 43.0 Å². The summed E-state index contributed by atoms with van der Waals surface area (Å²) in [5, 5.41) is 22.1. The maximum absolute atomic E-state index is 11.0. The van der Waals surface area contributed by atoms with Gasteiger partial charge in [0.15, 0.2) is 0 Å². The predicted octanol–water partition coefficient (Wildman–Crippen LogP) is 6.14. The zero-order valence-corrected chi connectivity index (χ0v) is 17.3. The second-order valence-corrected chi connectivity index (χ2v) is 7.91. The Morgan fingerprint density at radius 1 is 1.17 bits per heavy atom. The van der Waals surface area contributed by atoms with Gasteiger partial charge in [-0.1, -0.05) is 29.3 Å². The number of hydrogen-bond donors (Lipinski definition) is 3. The summed E-state index contributed by atoms with van der Waals surface area (Å²) in [5.41, 5.74) is 2.30. The summed E-state index contributed by atoms with van der Waals surface area (Å²) in [6.45, 7) is 0. The summed E-state index contributed by atoms with van der Waals surface area (Å²) in [7, 11) is 0. The SMILES string of the molecule is N#Cc1c(-c2ccnc(NC(=O)O)c2)sc(-c2ncc[nH]2)c1-c1ccc(Cl)cc1Cl. The smallest absolute Gasteiger partial charge is 0.410 e. The molecule has 1 amide bonds. The van der Waals surface area contributed by atoms with Crippen LogP contribution in [0.15, 0.2) is 48.9 Å². The van der Waals surface area contributed by atoms with E-state index >= 15 is 0 Å². The number of aromatic amines is 1. The molecule has 0 aliphatic heterocycles. The molecule has 4 rings (SSSR count). The second kappa shape index (κ2) is 8.16. The molecule has 0 atom stereocenters. The van der Waals surface area contributed by atoms with Crippen molar-refractivity contribution in [2.75, 3.05) is 5.32 Å². The summed E-state index contributed by atoms with van der Waals surface area (Å²) >= 11 is 13.9. The zero-order chi connectivity index (χ0) is 21.3. The number of benzene rings is 1. The number of nitrogens with zero attached hydrogens (tertiary/aromatic N) is 3. The molecule has 3 heterocycles. The largest absolute Gasteiger partial charge is 0.465 e. The van der Waals surface area contributed by atoms with Gasteiger partial charge < -0.3 is 10.1 Å². The number of nitrogens with one attached hydrogen (secondary N) is 2. The standard InChI is InChI=1S/C20H11Cl2N5O2S/c21-11-1-2-12(14(22)8-11)16-13(9-23)17(30-18(16)19-25-5-6-26-19)10-3-4-24-15(7-10)27-20(28)29/h1-8H,(H,24,27)(H,25,26)(H,28,29). The maximum Gasteiger partial charge on any atom is 0.410 e. The van der Waals surface area contributed by atoms with Gasteiger partial charge in [-0.3, -0.25) is 5.32 Å². The molecule has 0 radical (unpaired) electrons. The minimum atomic E-state index is -1.23. The number of pyridine rings is 1. The molecule has 3 aromatic heterocycles. The van der Waals surface area contributed by atoms with E-state index < -0.39 is 6.09 Å². The van der Waals surface area contributed by atoms with Crippen LogP contribution in [0.4, 0.5) is 10.6 Å². The highest BCUT2D eigenvalue weighted by molar-refractivity contribution is 7.19. The number of hydrogen-bond acceptors (Lipinski definition) is 5. The van der Waals surface area contributed by atoms with E-state index in [2.05, 4.69) is 26.3 Å². The number of H-pyrrole nitrogens is 1. The Bertz CT molecular complexity index is 1300. The maximum atomic E-state index is 11.0. The van der Waals surface area contributed by atoms with Gasteiger partial charge in [-0.2, -0.15) is 5.26 Å². The molecule has 0 aliphatic carbocycles. The van der Waals surface area contributed by atoms with Crippen molar-refractivity contribution >= 4 is 46.4 Å². The summed E-state index contributed by atoms with van der Waals surface area (Å²) < 4.78 is 0. The van der Waals surface area contributed by atoms with Crippen LogP contribution in [0.5, 0.6) is 0 Å². The summed E-state index contributed by atoms with van der Waals surface area (Å²) in [4.78, 5) is 23.7. The first-order chi connectivity index (χ1) is 14.5. The summed E-state index contributed by atoms with van der Waals surface area (Å²) in [5.74, 6) is 0.740. The first-order valence-corrected chi connectivity index (χ1v) is 10.0. The molecule has 4 aromatic rings. The lowest BCUT2D eigenvalue weighted by molar-refractivity contribution is 0.209. The van der Waals surface area contributed by atoms with Crippen LogP contribution < -0.4 is 5.32 Å². The average Bonchev–Trinajstić information content (AvgIpc) is 3.35. The third kappa shape index (κ3) is 3.74. The number of rotatable bonds is 4. The zero-order valence-electron chi connectivity index (χ0n) is 15.0. The van der Waals surface area contributed by atoms with Crippen LogP contribution in [0.25, 0.3) is 32.3 Å². The van der Waals surface area contributed by atoms with E-state index in [0.717, 1.165) is 4.88 Å². The van der Waals surface area contributed by atoms with Gasteiger partial charge in [0.1, 0.15) is 17.7 Å². The van der Waals surface area contributed by atoms with E-state index in [4.69, 9.17) is 28.3 Å². The van der Waals surface area contributed by atoms with Crippen molar-refractivity contribution in [3.05, 3.63) is 64.5 Å². The number of nitriles is 1. The van der Waals surface area contributed by atoms with Crippen molar-refractivity contribution in [1.29, 1.82) is 5.26 Å². The lowest BCUT2D eigenvalue weighted by atomic mass is 9.98. The Balaban J connectivity index is 1.98. The molecule has 10 heteroatoms. The van der Waals surface area contributed by atoms with Crippen molar-refractivity contribution in [3.63, 3.8) is 0 Å². The van der Waals surface area contributed by atoms with E-state index in [1.165, 1.54) is 17.5 Å². The molecule has 1 aromatic carbocycles. The van der Waals surface area contributed by atoms with Gasteiger partial charge in [0.2, 0.25) is 0 Å². The summed E-state index contributed by atoms with van der Waals surface area (Å²) in [6, 6.07) is 10.6. The molecule has 0 saturated carbocycles. The van der Waals surface area contributed by atoms with Crippen LogP contribution in [0.2, 0.25) is 10.0 Å². The van der Waals surface area contributed by atoms with Crippen molar-refractivity contribution in [2.45, 2.75) is 0 Å². The van der Waals surface area contributed by atoms with E-state index in [1.54, 1.807) is 42.7 Å². The molecular formula is C20H11Cl2N5O2S. The Morgan fingerprint density at radius 3 is 2.67 bits per heavy atom. The molecule has 30 heavy (non-hydrogen) atoms. The fourth-order valence-corrected chi connectivity index (χ4v) is 4.72. The third-order valence-corrected chi connectivity index (χ3v) is 5.98. The monoisotopic (exact) mass is 455 g/mol. The quantitative estimate of drug-likeness (QED) is 0.342. The van der Waals surface area contributed by atoms with Gasteiger partial charge in [-0.05, 0) is 29.8 Å². The number of thiophene rings is 1. The number of aromatic nitrogens is 3. The van der Waals surface area contributed by atoms with E-state index in [-0.39, 0.29) is 5.82 Å². The highest BCUT2D eigenvalue weighted by Gasteiger charge is 2.25. The molecule has 0 unspecified atom stereocenters. The van der Waals surface area contributed by atoms with E-state index in [1.807, 2.05) is 0 Å². The van der Waals surface area contributed by atoms with Crippen LogP contribution in [0.3, 0.4) is 0 Å². The number of imidazole rings is 1. The topological polar surface area (TPSA) is 115 Å². The second-order valence-electron chi connectivity index (χ2n) is 6.04. The predicted molar refractivity (Wildman–Crippen MR) is 117 cm³/mol. The normalized spacial score (nSPS) is 10.6. The highest BCUT2D eigenvalue weighted by Crippen LogP contribution is 2.48. The van der Waals surface area contributed by atoms with Gasteiger partial charge in [-0.25, -0.2) is 14.8 Å². The molecule has 0 saturated heterocycles. The van der Waals surface area contributed by atoms with E-state index in [9.17, 15) is 10.1 Å². The number of anilines is 1. The average molecular weight is 456 g/mol. The number of carboxylic acid groups (broad SMARTS) is 1. The lowest BCUT2D eigenvalue weighted by Crippen LogP contribution is -2.08. The molecule has 148 valence electrons. The van der Waals surface area contributed by atoms with Crippen LogP contribution in [-0.2, 0) is 0 Å². The molecule has 0 spiro atoms. The minimum absolute atomic E-state index is 0.155. The highest BCUT2D eigenvalue weighted by atomic mass is 35.5.